The molecule has 1 heterocycles. The number of rotatable bonds is 7. The van der Waals surface area contributed by atoms with Crippen LogP contribution in [0.15, 0.2) is 77.8 Å². The van der Waals surface area contributed by atoms with Crippen LogP contribution >= 0.6 is 0 Å². The number of sulfonamides is 1. The molecule has 1 N–H and O–H groups in total. The Kier molecular flexibility index (Phi) is 6.49. The highest BCUT2D eigenvalue weighted by molar-refractivity contribution is 7.89. The molecule has 1 amide bonds. The van der Waals surface area contributed by atoms with Gasteiger partial charge in [0.05, 0.1) is 10.5 Å². The zero-order chi connectivity index (χ0) is 21.7. The smallest absolute Gasteiger partial charge is 0.259 e. The van der Waals surface area contributed by atoms with E-state index in [0.717, 1.165) is 5.56 Å². The van der Waals surface area contributed by atoms with Gasteiger partial charge < -0.3 is 10.2 Å². The molecule has 0 radical (unpaired) electrons. The van der Waals surface area contributed by atoms with Crippen LogP contribution in [-0.2, 0) is 16.6 Å². The number of aromatic nitrogens is 1. The van der Waals surface area contributed by atoms with Crippen molar-refractivity contribution in [3.63, 3.8) is 0 Å². The molecule has 156 valence electrons. The van der Waals surface area contributed by atoms with Crippen molar-refractivity contribution in [1.29, 1.82) is 0 Å². The molecule has 0 aliphatic carbocycles. The molecule has 0 spiro atoms. The van der Waals surface area contributed by atoms with Gasteiger partial charge in [-0.3, -0.25) is 4.79 Å². The van der Waals surface area contributed by atoms with Gasteiger partial charge in [0.1, 0.15) is 5.82 Å². The van der Waals surface area contributed by atoms with Crippen LogP contribution in [0.2, 0.25) is 0 Å². The van der Waals surface area contributed by atoms with Crippen LogP contribution in [0.1, 0.15) is 15.9 Å². The standard InChI is InChI=1S/C22H24N4O3S/c1-25(2)21-20(10-7-15-23-21)22(27)24-18-11-13-19(14-12-18)30(28,29)26(3)16-17-8-5-4-6-9-17/h4-15H,16H2,1-3H3,(H,24,27). The molecule has 8 heteroatoms. The van der Waals surface area contributed by atoms with E-state index in [4.69, 9.17) is 0 Å². The predicted molar refractivity (Wildman–Crippen MR) is 118 cm³/mol. The average Bonchev–Trinajstić information content (AvgIpc) is 2.74. The van der Waals surface area contributed by atoms with Crippen LogP contribution < -0.4 is 10.2 Å². The lowest BCUT2D eigenvalue weighted by Gasteiger charge is -2.18. The van der Waals surface area contributed by atoms with Gasteiger partial charge in [0.25, 0.3) is 5.91 Å². The first-order chi connectivity index (χ1) is 14.3. The Balaban J connectivity index is 1.74. The Morgan fingerprint density at radius 3 is 2.23 bits per heavy atom. The highest BCUT2D eigenvalue weighted by Gasteiger charge is 2.21. The molecule has 0 unspecified atom stereocenters. The van der Waals surface area contributed by atoms with E-state index < -0.39 is 10.0 Å². The maximum absolute atomic E-state index is 12.8. The number of amides is 1. The summed E-state index contributed by atoms with van der Waals surface area (Å²) in [6.45, 7) is 0.274. The summed E-state index contributed by atoms with van der Waals surface area (Å²) in [7, 11) is 1.52. The summed E-state index contributed by atoms with van der Waals surface area (Å²) >= 11 is 0. The van der Waals surface area contributed by atoms with Gasteiger partial charge in [-0.15, -0.1) is 0 Å². The maximum Gasteiger partial charge on any atom is 0.259 e. The first kappa shape index (κ1) is 21.5. The predicted octanol–water partition coefficient (Wildman–Crippen LogP) is 3.22. The van der Waals surface area contributed by atoms with Gasteiger partial charge >= 0.3 is 0 Å². The summed E-state index contributed by atoms with van der Waals surface area (Å²) in [6, 6.07) is 18.9. The summed E-state index contributed by atoms with van der Waals surface area (Å²) in [6.07, 6.45) is 1.62. The Labute approximate surface area is 177 Å². The normalized spacial score (nSPS) is 11.3. The molecule has 0 aliphatic heterocycles. The minimum atomic E-state index is -3.65. The van der Waals surface area contributed by atoms with Crippen molar-refractivity contribution in [2.45, 2.75) is 11.4 Å². The third-order valence-electron chi connectivity index (χ3n) is 4.52. The zero-order valence-corrected chi connectivity index (χ0v) is 17.9. The van der Waals surface area contributed by atoms with E-state index in [1.165, 1.54) is 16.4 Å². The van der Waals surface area contributed by atoms with Crippen molar-refractivity contribution < 1.29 is 13.2 Å². The second-order valence-electron chi connectivity index (χ2n) is 6.99. The van der Waals surface area contributed by atoms with E-state index in [9.17, 15) is 13.2 Å². The summed E-state index contributed by atoms with van der Waals surface area (Å²) in [5, 5.41) is 2.79. The van der Waals surface area contributed by atoms with Crippen LogP contribution in [-0.4, -0.2) is 44.8 Å². The van der Waals surface area contributed by atoms with Gasteiger partial charge in [-0.1, -0.05) is 30.3 Å². The van der Waals surface area contributed by atoms with Crippen LogP contribution in [0.3, 0.4) is 0 Å². The number of nitrogens with one attached hydrogen (secondary N) is 1. The number of carbonyl (C=O) groups is 1. The quantitative estimate of drug-likeness (QED) is 0.630. The summed E-state index contributed by atoms with van der Waals surface area (Å²) < 4.78 is 27.0. The van der Waals surface area contributed by atoms with E-state index in [1.54, 1.807) is 42.4 Å². The average molecular weight is 425 g/mol. The van der Waals surface area contributed by atoms with Gasteiger partial charge in [0, 0.05) is 39.6 Å². The van der Waals surface area contributed by atoms with Crippen LogP contribution in [0.5, 0.6) is 0 Å². The number of pyridine rings is 1. The molecule has 3 aromatic rings. The number of nitrogens with zero attached hydrogens (tertiary/aromatic N) is 3. The van der Waals surface area contributed by atoms with Gasteiger partial charge in [-0.25, -0.2) is 13.4 Å². The van der Waals surface area contributed by atoms with Crippen LogP contribution in [0, 0.1) is 0 Å². The molecule has 0 saturated carbocycles. The fourth-order valence-corrected chi connectivity index (χ4v) is 4.10. The molecule has 1 aromatic heterocycles. The number of carbonyl (C=O) groups excluding carboxylic acids is 1. The Bertz CT molecular complexity index is 1110. The van der Waals surface area contributed by atoms with Crippen molar-refractivity contribution in [3.8, 4) is 0 Å². The van der Waals surface area contributed by atoms with Gasteiger partial charge in [0.2, 0.25) is 10.0 Å². The van der Waals surface area contributed by atoms with Gasteiger partial charge in [0.15, 0.2) is 0 Å². The molecule has 0 atom stereocenters. The molecule has 0 saturated heterocycles. The first-order valence-electron chi connectivity index (χ1n) is 9.33. The lowest BCUT2D eigenvalue weighted by molar-refractivity contribution is 0.102. The number of hydrogen-bond acceptors (Lipinski definition) is 5. The highest BCUT2D eigenvalue weighted by Crippen LogP contribution is 2.21. The van der Waals surface area contributed by atoms with E-state index in [1.807, 2.05) is 44.4 Å². The fraction of sp³-hybridized carbons (Fsp3) is 0.182. The second-order valence-corrected chi connectivity index (χ2v) is 9.04. The first-order valence-corrected chi connectivity index (χ1v) is 10.8. The van der Waals surface area contributed by atoms with E-state index in [0.29, 0.717) is 17.1 Å². The molecular formula is C22H24N4O3S. The lowest BCUT2D eigenvalue weighted by atomic mass is 10.2. The number of benzene rings is 2. The lowest BCUT2D eigenvalue weighted by Crippen LogP contribution is -2.26. The molecular weight excluding hydrogens is 400 g/mol. The third kappa shape index (κ3) is 4.84. The molecule has 0 fully saturated rings. The van der Waals surface area contributed by atoms with Crippen molar-refractivity contribution >= 4 is 27.4 Å². The molecule has 0 aliphatic rings. The number of hydrogen-bond donors (Lipinski definition) is 1. The van der Waals surface area contributed by atoms with Crippen LogP contribution in [0.4, 0.5) is 11.5 Å². The topological polar surface area (TPSA) is 82.6 Å². The Morgan fingerprint density at radius 2 is 1.60 bits per heavy atom. The van der Waals surface area contributed by atoms with Crippen LogP contribution in [0.25, 0.3) is 0 Å². The van der Waals surface area contributed by atoms with Crippen molar-refractivity contribution in [2.75, 3.05) is 31.4 Å². The summed E-state index contributed by atoms with van der Waals surface area (Å²) in [5.74, 6) is 0.236. The number of anilines is 2. The van der Waals surface area contributed by atoms with Crippen molar-refractivity contribution in [1.82, 2.24) is 9.29 Å². The largest absolute Gasteiger partial charge is 0.362 e. The highest BCUT2D eigenvalue weighted by atomic mass is 32.2. The second kappa shape index (κ2) is 9.06. The molecule has 0 bridgehead atoms. The fourth-order valence-electron chi connectivity index (χ4n) is 2.94. The van der Waals surface area contributed by atoms with Gasteiger partial charge in [-0.05, 0) is 42.0 Å². The third-order valence-corrected chi connectivity index (χ3v) is 6.34. The molecule has 7 nitrogen and oxygen atoms in total. The maximum atomic E-state index is 12.8. The summed E-state index contributed by atoms with van der Waals surface area (Å²) in [5.41, 5.74) is 1.83. The van der Waals surface area contributed by atoms with E-state index in [-0.39, 0.29) is 17.3 Å². The minimum Gasteiger partial charge on any atom is -0.362 e. The molecule has 3 rings (SSSR count). The van der Waals surface area contributed by atoms with E-state index >= 15 is 0 Å². The SMILES string of the molecule is CN(C)c1ncccc1C(=O)Nc1ccc(S(=O)(=O)N(C)Cc2ccccc2)cc1. The van der Waals surface area contributed by atoms with E-state index in [2.05, 4.69) is 10.3 Å². The Morgan fingerprint density at radius 1 is 0.933 bits per heavy atom. The molecule has 30 heavy (non-hydrogen) atoms. The minimum absolute atomic E-state index is 0.161. The van der Waals surface area contributed by atoms with Gasteiger partial charge in [-0.2, -0.15) is 4.31 Å². The Hall–Kier alpha value is -3.23. The van der Waals surface area contributed by atoms with Crippen molar-refractivity contribution in [3.05, 3.63) is 84.1 Å². The zero-order valence-electron chi connectivity index (χ0n) is 17.1. The van der Waals surface area contributed by atoms with Crippen molar-refractivity contribution in [2.24, 2.45) is 0 Å². The summed E-state index contributed by atoms with van der Waals surface area (Å²) in [4.78, 5) is 18.8. The molecule has 2 aromatic carbocycles. The monoisotopic (exact) mass is 424 g/mol.